The first-order valence-electron chi connectivity index (χ1n) is 12.7. The Kier molecular flexibility index (Phi) is 6.73. The number of aromatic nitrogens is 3. The molecular formula is C29H20F3N5O4S. The monoisotopic (exact) mass is 591 g/mol. The van der Waals surface area contributed by atoms with E-state index in [2.05, 4.69) is 15.4 Å². The summed E-state index contributed by atoms with van der Waals surface area (Å²) in [6.45, 7) is 1.93. The van der Waals surface area contributed by atoms with Gasteiger partial charge < -0.3 is 10.1 Å². The number of nitrogens with zero attached hydrogens (tertiary/aromatic N) is 4. The van der Waals surface area contributed by atoms with Crippen LogP contribution in [0.2, 0.25) is 0 Å². The molecule has 1 aliphatic heterocycles. The molecular weight excluding hydrogens is 571 g/mol. The third kappa shape index (κ3) is 4.87. The Hall–Kier alpha value is -5.04. The quantitative estimate of drug-likeness (QED) is 0.318. The summed E-state index contributed by atoms with van der Waals surface area (Å²) >= 11 is 1.00. The molecule has 6 rings (SSSR count). The number of ether oxygens (including phenoxy) is 1. The molecule has 0 saturated carbocycles. The number of nitrogens with one attached hydrogen (secondary N) is 1. The Morgan fingerprint density at radius 2 is 1.79 bits per heavy atom. The molecule has 5 aromatic rings. The number of amides is 2. The van der Waals surface area contributed by atoms with E-state index in [4.69, 9.17) is 4.74 Å². The smallest absolute Gasteiger partial charge is 0.416 e. The fraction of sp³-hybridized carbons (Fsp3) is 0.138. The number of carbonyl (C=O) groups is 2. The van der Waals surface area contributed by atoms with Gasteiger partial charge in [-0.2, -0.15) is 22.7 Å². The second-order valence-electron chi connectivity index (χ2n) is 9.23. The van der Waals surface area contributed by atoms with Gasteiger partial charge in [0.25, 0.3) is 11.5 Å². The van der Waals surface area contributed by atoms with Gasteiger partial charge in [0, 0.05) is 16.8 Å². The van der Waals surface area contributed by atoms with Crippen LogP contribution < -0.4 is 25.0 Å². The maximum absolute atomic E-state index is 13.6. The average Bonchev–Trinajstić information content (AvgIpc) is 3.60. The SMILES string of the molecule is CCOc1ccc(-c2nc3sc(=C4C(=O)N(CC(=O)Nc5cccc(C(F)(F)F)c5)c5ccccc54)c(=O)n3n2)cc1. The summed E-state index contributed by atoms with van der Waals surface area (Å²) in [5.74, 6) is -0.270. The largest absolute Gasteiger partial charge is 0.494 e. The number of anilines is 2. The maximum Gasteiger partial charge on any atom is 0.416 e. The maximum atomic E-state index is 13.6. The van der Waals surface area contributed by atoms with Crippen molar-refractivity contribution in [2.24, 2.45) is 0 Å². The molecule has 42 heavy (non-hydrogen) atoms. The van der Waals surface area contributed by atoms with Crippen molar-refractivity contribution in [2.45, 2.75) is 13.1 Å². The van der Waals surface area contributed by atoms with Crippen molar-refractivity contribution < 1.29 is 27.5 Å². The molecule has 2 aromatic heterocycles. The fourth-order valence-electron chi connectivity index (χ4n) is 4.65. The summed E-state index contributed by atoms with van der Waals surface area (Å²) in [6.07, 6.45) is -4.57. The Morgan fingerprint density at radius 3 is 2.50 bits per heavy atom. The van der Waals surface area contributed by atoms with Crippen LogP contribution in [0.5, 0.6) is 5.75 Å². The number of para-hydroxylation sites is 1. The molecule has 1 aliphatic rings. The number of carbonyl (C=O) groups excluding carboxylic acids is 2. The van der Waals surface area contributed by atoms with E-state index in [1.807, 2.05) is 6.92 Å². The lowest BCUT2D eigenvalue weighted by Gasteiger charge is -2.17. The van der Waals surface area contributed by atoms with E-state index in [9.17, 15) is 27.6 Å². The van der Waals surface area contributed by atoms with Crippen LogP contribution in [0.4, 0.5) is 24.5 Å². The van der Waals surface area contributed by atoms with Crippen LogP contribution in [-0.4, -0.2) is 39.6 Å². The van der Waals surface area contributed by atoms with Crippen molar-refractivity contribution in [3.8, 4) is 17.1 Å². The normalized spacial score (nSPS) is 14.4. The Bertz CT molecular complexity index is 1970. The number of hydrogen-bond donors (Lipinski definition) is 1. The van der Waals surface area contributed by atoms with Gasteiger partial charge in [0.1, 0.15) is 16.8 Å². The van der Waals surface area contributed by atoms with Gasteiger partial charge in [-0.15, -0.1) is 5.10 Å². The van der Waals surface area contributed by atoms with Crippen LogP contribution in [0.15, 0.2) is 77.6 Å². The molecule has 0 fully saturated rings. The summed E-state index contributed by atoms with van der Waals surface area (Å²) in [7, 11) is 0. The van der Waals surface area contributed by atoms with Crippen LogP contribution in [0.1, 0.15) is 18.1 Å². The highest BCUT2D eigenvalue weighted by Crippen LogP contribution is 2.35. The summed E-state index contributed by atoms with van der Waals surface area (Å²) in [5, 5.41) is 6.77. The molecule has 13 heteroatoms. The van der Waals surface area contributed by atoms with E-state index < -0.39 is 35.7 Å². The highest BCUT2D eigenvalue weighted by Gasteiger charge is 2.36. The van der Waals surface area contributed by atoms with E-state index in [1.54, 1.807) is 48.5 Å². The van der Waals surface area contributed by atoms with Crippen molar-refractivity contribution in [1.82, 2.24) is 14.6 Å². The second kappa shape index (κ2) is 10.4. The first kappa shape index (κ1) is 27.1. The lowest BCUT2D eigenvalue weighted by atomic mass is 10.1. The Labute approximate surface area is 239 Å². The van der Waals surface area contributed by atoms with E-state index in [1.165, 1.54) is 17.0 Å². The minimum atomic E-state index is -4.57. The van der Waals surface area contributed by atoms with E-state index in [-0.39, 0.29) is 20.8 Å². The van der Waals surface area contributed by atoms with E-state index in [0.717, 1.165) is 28.0 Å². The summed E-state index contributed by atoms with van der Waals surface area (Å²) < 4.78 is 45.9. The summed E-state index contributed by atoms with van der Waals surface area (Å²) in [6, 6.07) is 18.0. The van der Waals surface area contributed by atoms with E-state index in [0.29, 0.717) is 35.0 Å². The number of halogens is 3. The number of fused-ring (bicyclic) bond motifs is 2. The molecule has 0 unspecified atom stereocenters. The van der Waals surface area contributed by atoms with Crippen LogP contribution in [0.3, 0.4) is 0 Å². The molecule has 0 aliphatic carbocycles. The minimum Gasteiger partial charge on any atom is -0.494 e. The zero-order valence-electron chi connectivity index (χ0n) is 21.8. The molecule has 2 amide bonds. The highest BCUT2D eigenvalue weighted by molar-refractivity contribution is 7.15. The zero-order chi connectivity index (χ0) is 29.6. The van der Waals surface area contributed by atoms with Crippen LogP contribution >= 0.6 is 11.3 Å². The number of thiazole rings is 1. The topological polar surface area (TPSA) is 106 Å². The Morgan fingerprint density at radius 1 is 1.02 bits per heavy atom. The molecule has 3 aromatic carbocycles. The third-order valence-corrected chi connectivity index (χ3v) is 7.54. The first-order chi connectivity index (χ1) is 20.1. The second-order valence-corrected chi connectivity index (χ2v) is 10.2. The molecule has 1 N–H and O–H groups in total. The molecule has 0 radical (unpaired) electrons. The van der Waals surface area contributed by atoms with Gasteiger partial charge in [-0.3, -0.25) is 19.3 Å². The predicted molar refractivity (Wildman–Crippen MR) is 150 cm³/mol. The van der Waals surface area contributed by atoms with Gasteiger partial charge in [-0.1, -0.05) is 35.6 Å². The Balaban J connectivity index is 1.32. The van der Waals surface area contributed by atoms with Crippen molar-refractivity contribution in [1.29, 1.82) is 0 Å². The van der Waals surface area contributed by atoms with Gasteiger partial charge in [-0.05, 0) is 55.5 Å². The summed E-state index contributed by atoms with van der Waals surface area (Å²) in [4.78, 5) is 45.8. The van der Waals surface area contributed by atoms with Gasteiger partial charge >= 0.3 is 6.18 Å². The lowest BCUT2D eigenvalue weighted by molar-refractivity contribution is -0.137. The average molecular weight is 592 g/mol. The number of hydrogen-bond acceptors (Lipinski definition) is 7. The number of alkyl halides is 3. The van der Waals surface area contributed by atoms with Crippen LogP contribution in [0, 0.1) is 0 Å². The predicted octanol–water partition coefficient (Wildman–Crippen LogP) is 4.14. The van der Waals surface area contributed by atoms with Gasteiger partial charge in [-0.25, -0.2) is 0 Å². The van der Waals surface area contributed by atoms with Crippen LogP contribution in [0.25, 0.3) is 21.9 Å². The van der Waals surface area contributed by atoms with Gasteiger partial charge in [0.2, 0.25) is 10.9 Å². The van der Waals surface area contributed by atoms with Crippen molar-refractivity contribution in [2.75, 3.05) is 23.4 Å². The molecule has 0 bridgehead atoms. The van der Waals surface area contributed by atoms with E-state index >= 15 is 0 Å². The van der Waals surface area contributed by atoms with Crippen molar-refractivity contribution in [3.05, 3.63) is 98.8 Å². The number of benzene rings is 3. The zero-order valence-corrected chi connectivity index (χ0v) is 22.6. The van der Waals surface area contributed by atoms with Gasteiger partial charge in [0.05, 0.1) is 23.4 Å². The fourth-order valence-corrected chi connectivity index (χ4v) is 5.65. The molecule has 212 valence electrons. The van der Waals surface area contributed by atoms with Crippen molar-refractivity contribution in [3.63, 3.8) is 0 Å². The van der Waals surface area contributed by atoms with Gasteiger partial charge in [0.15, 0.2) is 5.82 Å². The molecule has 9 nitrogen and oxygen atoms in total. The van der Waals surface area contributed by atoms with Crippen molar-refractivity contribution >= 4 is 45.1 Å². The molecule has 0 saturated heterocycles. The third-order valence-electron chi connectivity index (χ3n) is 6.51. The summed E-state index contributed by atoms with van der Waals surface area (Å²) in [5.41, 5.74) is 0.116. The molecule has 3 heterocycles. The first-order valence-corrected chi connectivity index (χ1v) is 13.5. The highest BCUT2D eigenvalue weighted by atomic mass is 32.1. The molecule has 0 atom stereocenters. The lowest BCUT2D eigenvalue weighted by Crippen LogP contribution is -2.37. The van der Waals surface area contributed by atoms with Crippen LogP contribution in [-0.2, 0) is 15.8 Å². The minimum absolute atomic E-state index is 0.0605. The number of rotatable bonds is 6. The molecule has 0 spiro atoms. The standard InChI is InChI=1S/C29H20F3N5O4S/c1-2-41-19-12-10-16(11-13-19)25-34-28-37(35-25)27(40)24(42-28)23-20-8-3-4-9-21(20)36(26(23)39)15-22(38)33-18-7-5-6-17(14-18)29(30,31)32/h3-14H,2,15H2,1H3,(H,33,38).